The summed E-state index contributed by atoms with van der Waals surface area (Å²) in [5.41, 5.74) is 2.99. The van der Waals surface area contributed by atoms with E-state index in [0.29, 0.717) is 22.9 Å². The molecule has 3 heterocycles. The van der Waals surface area contributed by atoms with E-state index in [0.717, 1.165) is 11.1 Å². The number of anilines is 2. The van der Waals surface area contributed by atoms with E-state index in [9.17, 15) is 9.59 Å². The highest BCUT2D eigenvalue weighted by molar-refractivity contribution is 6.07. The molecule has 0 radical (unpaired) electrons. The van der Waals surface area contributed by atoms with Crippen molar-refractivity contribution >= 4 is 23.2 Å². The fraction of sp³-hybridized carbons (Fsp3) is 0.0417. The minimum Gasteiger partial charge on any atom is -0.356 e. The molecule has 34 heavy (non-hydrogen) atoms. The third kappa shape index (κ3) is 4.32. The van der Waals surface area contributed by atoms with Crippen molar-refractivity contribution in [2.24, 2.45) is 7.05 Å². The first-order valence-corrected chi connectivity index (χ1v) is 10.3. The second kappa shape index (κ2) is 8.87. The van der Waals surface area contributed by atoms with Crippen LogP contribution in [0.3, 0.4) is 0 Å². The molecule has 0 spiro atoms. The Morgan fingerprint density at radius 2 is 1.32 bits per heavy atom. The lowest BCUT2D eigenvalue weighted by molar-refractivity contribution is 0.101. The van der Waals surface area contributed by atoms with E-state index >= 15 is 0 Å². The number of hydrogen-bond donors (Lipinski definition) is 2. The van der Waals surface area contributed by atoms with E-state index in [2.05, 4.69) is 26.0 Å². The van der Waals surface area contributed by atoms with E-state index in [-0.39, 0.29) is 11.4 Å². The summed E-state index contributed by atoms with van der Waals surface area (Å²) >= 11 is 0. The van der Waals surface area contributed by atoms with Crippen molar-refractivity contribution in [2.45, 2.75) is 0 Å². The largest absolute Gasteiger partial charge is 0.356 e. The van der Waals surface area contributed by atoms with Crippen LogP contribution in [0.1, 0.15) is 21.0 Å². The lowest BCUT2D eigenvalue weighted by Crippen LogP contribution is -2.16. The van der Waals surface area contributed by atoms with Crippen LogP contribution in [-0.4, -0.2) is 31.9 Å². The molecule has 0 fully saturated rings. The van der Waals surface area contributed by atoms with Gasteiger partial charge in [-0.2, -0.15) is 5.10 Å². The molecule has 2 amide bonds. The van der Waals surface area contributed by atoms with Crippen LogP contribution in [0.15, 0.2) is 88.2 Å². The monoisotopic (exact) mass is 454 g/mol. The molecule has 3 aromatic heterocycles. The summed E-state index contributed by atoms with van der Waals surface area (Å²) in [5.74, 6) is 0.316. The smallest absolute Gasteiger partial charge is 0.276 e. The van der Waals surface area contributed by atoms with Crippen LogP contribution in [0.4, 0.5) is 11.4 Å². The van der Waals surface area contributed by atoms with Crippen LogP contribution in [0.5, 0.6) is 0 Å². The number of nitrogens with one attached hydrogen (secondary N) is 2. The Kier molecular flexibility index (Phi) is 5.45. The Balaban J connectivity index is 1.30. The van der Waals surface area contributed by atoms with Crippen LogP contribution in [0, 0.1) is 0 Å². The van der Waals surface area contributed by atoms with Gasteiger partial charge in [-0.25, -0.2) is 0 Å². The number of rotatable bonds is 6. The fourth-order valence-corrected chi connectivity index (χ4v) is 3.41. The lowest BCUT2D eigenvalue weighted by Gasteiger charge is -2.06. The number of amides is 2. The molecule has 168 valence electrons. The van der Waals surface area contributed by atoms with Crippen molar-refractivity contribution in [1.82, 2.24) is 20.1 Å². The quantitative estimate of drug-likeness (QED) is 0.393. The molecule has 0 bridgehead atoms. The van der Waals surface area contributed by atoms with Gasteiger partial charge in [0.15, 0.2) is 17.2 Å². The van der Waals surface area contributed by atoms with E-state index in [4.69, 9.17) is 9.05 Å². The number of carbonyl (C=O) groups is 2. The summed E-state index contributed by atoms with van der Waals surface area (Å²) in [4.78, 5) is 25.6. The molecule has 0 saturated heterocycles. The standard InChI is InChI=1S/C24H18N6O4/c1-30-20(24(32)28-18-7-3-5-16(13-18)22-9-11-26-34-22)14-19(29-30)23(31)27-17-6-2-4-15(12-17)21-8-10-25-33-21/h2-14H,1H3,(H,27,31)(H,28,32). The molecule has 2 aromatic carbocycles. The third-order valence-electron chi connectivity index (χ3n) is 5.03. The van der Waals surface area contributed by atoms with Gasteiger partial charge in [0.2, 0.25) is 0 Å². The number of hydrogen-bond acceptors (Lipinski definition) is 7. The SMILES string of the molecule is Cn1nc(C(=O)Nc2cccc(-c3ccno3)c2)cc1C(=O)Nc1cccc(-c2ccno2)c1. The summed E-state index contributed by atoms with van der Waals surface area (Å²) in [7, 11) is 1.60. The molecule has 0 aliphatic rings. The minimum absolute atomic E-state index is 0.105. The van der Waals surface area contributed by atoms with Gasteiger partial charge in [-0.15, -0.1) is 0 Å². The van der Waals surface area contributed by atoms with Crippen molar-refractivity contribution < 1.29 is 18.6 Å². The zero-order valence-corrected chi connectivity index (χ0v) is 17.9. The average molecular weight is 454 g/mol. The van der Waals surface area contributed by atoms with Crippen LogP contribution in [0.2, 0.25) is 0 Å². The van der Waals surface area contributed by atoms with Gasteiger partial charge >= 0.3 is 0 Å². The number of benzene rings is 2. The molecule has 10 heteroatoms. The van der Waals surface area contributed by atoms with Crippen molar-refractivity contribution in [2.75, 3.05) is 10.6 Å². The number of nitrogens with zero attached hydrogens (tertiary/aromatic N) is 4. The number of aromatic nitrogens is 4. The normalized spacial score (nSPS) is 10.7. The Hall–Kier alpha value is -4.99. The molecule has 0 aliphatic carbocycles. The predicted octanol–water partition coefficient (Wildman–Crippen LogP) is 4.23. The van der Waals surface area contributed by atoms with E-state index in [1.807, 2.05) is 12.1 Å². The highest BCUT2D eigenvalue weighted by Gasteiger charge is 2.18. The Morgan fingerprint density at radius 1 is 0.765 bits per heavy atom. The molecule has 0 saturated carbocycles. The molecule has 0 unspecified atom stereocenters. The van der Waals surface area contributed by atoms with Crippen LogP contribution in [-0.2, 0) is 7.05 Å². The molecule has 0 atom stereocenters. The molecule has 2 N–H and O–H groups in total. The Labute approximate surface area is 193 Å². The Morgan fingerprint density at radius 3 is 1.85 bits per heavy atom. The van der Waals surface area contributed by atoms with Crippen LogP contribution in [0.25, 0.3) is 22.6 Å². The van der Waals surface area contributed by atoms with Gasteiger partial charge in [0.05, 0.1) is 12.4 Å². The van der Waals surface area contributed by atoms with Crippen molar-refractivity contribution in [3.05, 3.63) is 90.5 Å². The summed E-state index contributed by atoms with van der Waals surface area (Å²) in [6.45, 7) is 0. The molecular weight excluding hydrogens is 436 g/mol. The Bertz CT molecular complexity index is 1450. The van der Waals surface area contributed by atoms with Gasteiger partial charge in [-0.1, -0.05) is 34.6 Å². The van der Waals surface area contributed by atoms with Gasteiger partial charge in [0.1, 0.15) is 5.69 Å². The highest BCUT2D eigenvalue weighted by atomic mass is 16.5. The summed E-state index contributed by atoms with van der Waals surface area (Å²) in [5, 5.41) is 17.2. The van der Waals surface area contributed by atoms with E-state index in [1.54, 1.807) is 68.0 Å². The van der Waals surface area contributed by atoms with Crippen LogP contribution >= 0.6 is 0 Å². The molecular formula is C24H18N6O4. The van der Waals surface area contributed by atoms with Crippen molar-refractivity contribution in [3.8, 4) is 22.6 Å². The number of carbonyl (C=O) groups excluding carboxylic acids is 2. The third-order valence-corrected chi connectivity index (χ3v) is 5.03. The first-order valence-electron chi connectivity index (χ1n) is 10.3. The zero-order valence-electron chi connectivity index (χ0n) is 17.9. The topological polar surface area (TPSA) is 128 Å². The van der Waals surface area contributed by atoms with E-state index < -0.39 is 11.8 Å². The second-order valence-corrected chi connectivity index (χ2v) is 7.36. The summed E-state index contributed by atoms with van der Waals surface area (Å²) in [6, 6.07) is 19.2. The molecule has 5 aromatic rings. The fourth-order valence-electron chi connectivity index (χ4n) is 3.41. The molecule has 5 rings (SSSR count). The van der Waals surface area contributed by atoms with Gasteiger partial charge in [0, 0.05) is 47.7 Å². The van der Waals surface area contributed by atoms with Gasteiger partial charge in [-0.3, -0.25) is 14.3 Å². The second-order valence-electron chi connectivity index (χ2n) is 7.36. The van der Waals surface area contributed by atoms with Crippen molar-refractivity contribution in [1.29, 1.82) is 0 Å². The summed E-state index contributed by atoms with van der Waals surface area (Å²) in [6.07, 6.45) is 3.10. The van der Waals surface area contributed by atoms with Gasteiger partial charge in [0.25, 0.3) is 11.8 Å². The minimum atomic E-state index is -0.448. The van der Waals surface area contributed by atoms with Crippen molar-refractivity contribution in [3.63, 3.8) is 0 Å². The van der Waals surface area contributed by atoms with Crippen LogP contribution < -0.4 is 10.6 Å². The average Bonchev–Trinajstić information content (AvgIpc) is 3.61. The zero-order chi connectivity index (χ0) is 23.5. The van der Waals surface area contributed by atoms with Gasteiger partial charge < -0.3 is 19.7 Å². The van der Waals surface area contributed by atoms with E-state index in [1.165, 1.54) is 10.7 Å². The maximum Gasteiger partial charge on any atom is 0.276 e. The molecule has 10 nitrogen and oxygen atoms in total. The lowest BCUT2D eigenvalue weighted by atomic mass is 10.1. The maximum absolute atomic E-state index is 12.8. The van der Waals surface area contributed by atoms with Gasteiger partial charge in [-0.05, 0) is 24.3 Å². The predicted molar refractivity (Wildman–Crippen MR) is 123 cm³/mol. The summed E-state index contributed by atoms with van der Waals surface area (Å²) < 4.78 is 11.7. The highest BCUT2D eigenvalue weighted by Crippen LogP contribution is 2.24. The first-order chi connectivity index (χ1) is 16.6. The molecule has 0 aliphatic heterocycles. The maximum atomic E-state index is 12.8. The number of aryl methyl sites for hydroxylation is 1. The first kappa shape index (κ1) is 20.9.